The normalized spacial score (nSPS) is 22.9. The first-order valence-electron chi connectivity index (χ1n) is 11.0. The summed E-state index contributed by atoms with van der Waals surface area (Å²) in [6.07, 6.45) is 4.59. The van der Waals surface area contributed by atoms with Gasteiger partial charge in [-0.05, 0) is 43.4 Å². The highest BCUT2D eigenvalue weighted by Gasteiger charge is 2.56. The molecule has 1 aromatic carbocycles. The Morgan fingerprint density at radius 2 is 2.00 bits per heavy atom. The van der Waals surface area contributed by atoms with Gasteiger partial charge < -0.3 is 14.5 Å². The Hall–Kier alpha value is -2.19. The van der Waals surface area contributed by atoms with E-state index in [0.29, 0.717) is 36.6 Å². The highest BCUT2D eigenvalue weighted by atomic mass is 35.5. The third-order valence-electron chi connectivity index (χ3n) is 7.14. The van der Waals surface area contributed by atoms with Crippen LogP contribution in [0.4, 0.5) is 9.18 Å². The minimum atomic E-state index is -0.358. The zero-order valence-corrected chi connectivity index (χ0v) is 17.9. The van der Waals surface area contributed by atoms with Crippen molar-refractivity contribution in [1.82, 2.24) is 25.0 Å². The molecule has 0 bridgehead atoms. The lowest BCUT2D eigenvalue weighted by molar-refractivity contribution is -0.0827. The van der Waals surface area contributed by atoms with Crippen molar-refractivity contribution in [2.45, 2.75) is 50.2 Å². The minimum Gasteiger partial charge on any atom is -0.370 e. The number of nitrogens with zero attached hydrogens (tertiary/aromatic N) is 4. The predicted octanol–water partition coefficient (Wildman–Crippen LogP) is 3.68. The van der Waals surface area contributed by atoms with E-state index in [1.54, 1.807) is 6.07 Å². The third kappa shape index (κ3) is 3.59. The van der Waals surface area contributed by atoms with Gasteiger partial charge in [-0.1, -0.05) is 17.7 Å². The fourth-order valence-electron chi connectivity index (χ4n) is 5.08. The Labute approximate surface area is 184 Å². The van der Waals surface area contributed by atoms with Crippen molar-refractivity contribution in [2.24, 2.45) is 5.41 Å². The molecule has 2 aliphatic heterocycles. The second kappa shape index (κ2) is 7.17. The van der Waals surface area contributed by atoms with Gasteiger partial charge in [-0.2, -0.15) is 5.10 Å². The number of hydrogen-bond donors (Lipinski definition) is 1. The fraction of sp³-hybridized carbons (Fsp3) is 0.591. The van der Waals surface area contributed by atoms with E-state index in [0.717, 1.165) is 43.1 Å². The number of aromatic nitrogens is 3. The number of carbonyl (C=O) groups is 1. The summed E-state index contributed by atoms with van der Waals surface area (Å²) in [6.45, 7) is 3.16. The molecule has 2 amide bonds. The largest absolute Gasteiger partial charge is 0.370 e. The number of amides is 2. The Morgan fingerprint density at radius 1 is 1.23 bits per heavy atom. The van der Waals surface area contributed by atoms with Crippen molar-refractivity contribution in [1.29, 1.82) is 0 Å². The summed E-state index contributed by atoms with van der Waals surface area (Å²) < 4.78 is 18.9. The van der Waals surface area contributed by atoms with Crippen molar-refractivity contribution in [3.05, 3.63) is 46.3 Å². The van der Waals surface area contributed by atoms with Crippen molar-refractivity contribution in [3.8, 4) is 0 Å². The molecule has 1 spiro atoms. The zero-order valence-electron chi connectivity index (χ0n) is 17.2. The summed E-state index contributed by atoms with van der Waals surface area (Å²) in [5.74, 6) is 2.69. The van der Waals surface area contributed by atoms with Crippen LogP contribution in [-0.4, -0.2) is 63.3 Å². The maximum Gasteiger partial charge on any atom is 0.320 e. The lowest BCUT2D eigenvalue weighted by atomic mass is 9.57. The Bertz CT molecular complexity index is 1010. The molecular formula is C22H25ClFN5O2. The summed E-state index contributed by atoms with van der Waals surface area (Å²) in [6, 6.07) is 4.40. The Balaban J connectivity index is 0.927. The van der Waals surface area contributed by atoms with Crippen LogP contribution in [0.1, 0.15) is 54.7 Å². The van der Waals surface area contributed by atoms with Gasteiger partial charge in [0.1, 0.15) is 11.6 Å². The molecule has 9 heteroatoms. The third-order valence-corrected chi connectivity index (χ3v) is 7.49. The molecule has 6 rings (SSSR count). The molecule has 1 aromatic heterocycles. The molecule has 2 saturated carbocycles. The van der Waals surface area contributed by atoms with E-state index < -0.39 is 0 Å². The van der Waals surface area contributed by atoms with Gasteiger partial charge in [0, 0.05) is 35.4 Å². The predicted molar refractivity (Wildman–Crippen MR) is 111 cm³/mol. The van der Waals surface area contributed by atoms with Gasteiger partial charge in [0.25, 0.3) is 0 Å². The van der Waals surface area contributed by atoms with Crippen molar-refractivity contribution >= 4 is 17.6 Å². The number of H-pyrrole nitrogens is 1. The van der Waals surface area contributed by atoms with Gasteiger partial charge in [-0.15, -0.1) is 0 Å². The topological polar surface area (TPSA) is 74.3 Å². The summed E-state index contributed by atoms with van der Waals surface area (Å²) >= 11 is 6.03. The molecule has 7 nitrogen and oxygen atoms in total. The molecule has 2 aromatic rings. The SMILES string of the molecule is O=C(N1CC(OCc2ccc(F)cc2Cl)C1)N1CC2(CC(c3n[nH]c(C4CC4)n3)C2)C1. The molecule has 2 saturated heterocycles. The Kier molecular flexibility index (Phi) is 4.51. The number of likely N-dealkylation sites (tertiary alicyclic amines) is 2. The van der Waals surface area contributed by atoms with E-state index >= 15 is 0 Å². The lowest BCUT2D eigenvalue weighted by Crippen LogP contribution is -2.68. The lowest BCUT2D eigenvalue weighted by Gasteiger charge is -2.59. The van der Waals surface area contributed by atoms with E-state index in [2.05, 4.69) is 15.2 Å². The van der Waals surface area contributed by atoms with Gasteiger partial charge in [-0.3, -0.25) is 5.10 Å². The fourth-order valence-corrected chi connectivity index (χ4v) is 5.30. The maximum atomic E-state index is 13.1. The molecule has 0 unspecified atom stereocenters. The molecule has 0 radical (unpaired) electrons. The van der Waals surface area contributed by atoms with Crippen molar-refractivity contribution < 1.29 is 13.9 Å². The van der Waals surface area contributed by atoms with Crippen LogP contribution >= 0.6 is 11.6 Å². The van der Waals surface area contributed by atoms with E-state index in [1.165, 1.54) is 25.0 Å². The van der Waals surface area contributed by atoms with Gasteiger partial charge in [-0.25, -0.2) is 14.2 Å². The standard InChI is InChI=1S/C22H25ClFN5O2/c23-18-5-16(24)4-3-14(18)10-31-17-8-28(9-17)21(30)29-11-22(12-29)6-15(7-22)20-25-19(26-27-20)13-1-2-13/h3-5,13,15,17H,1-2,6-12H2,(H,25,26,27). The summed E-state index contributed by atoms with van der Waals surface area (Å²) in [5, 5.41) is 7.89. The molecule has 1 N–H and O–H groups in total. The summed E-state index contributed by atoms with van der Waals surface area (Å²) in [5.41, 5.74) is 1.02. The van der Waals surface area contributed by atoms with Crippen LogP contribution in [0.2, 0.25) is 5.02 Å². The average Bonchev–Trinajstić information content (AvgIpc) is 3.38. The number of ether oxygens (including phenoxy) is 1. The molecule has 3 heterocycles. The van der Waals surface area contributed by atoms with Gasteiger partial charge in [0.15, 0.2) is 5.82 Å². The van der Waals surface area contributed by atoms with Crippen molar-refractivity contribution in [3.63, 3.8) is 0 Å². The van der Waals surface area contributed by atoms with E-state index in [1.807, 2.05) is 9.80 Å². The molecule has 0 atom stereocenters. The highest BCUT2D eigenvalue weighted by Crippen LogP contribution is 2.55. The first-order chi connectivity index (χ1) is 15.0. The number of hydrogen-bond acceptors (Lipinski definition) is 4. The molecule has 31 heavy (non-hydrogen) atoms. The first-order valence-corrected chi connectivity index (χ1v) is 11.4. The molecular weight excluding hydrogens is 421 g/mol. The number of nitrogens with one attached hydrogen (secondary N) is 1. The molecule has 164 valence electrons. The summed E-state index contributed by atoms with van der Waals surface area (Å²) in [4.78, 5) is 21.1. The molecule has 2 aliphatic carbocycles. The molecule has 4 fully saturated rings. The number of carbonyl (C=O) groups excluding carboxylic acids is 1. The van der Waals surface area contributed by atoms with Gasteiger partial charge in [0.2, 0.25) is 0 Å². The van der Waals surface area contributed by atoms with Crippen LogP contribution in [0.25, 0.3) is 0 Å². The van der Waals surface area contributed by atoms with Gasteiger partial charge >= 0.3 is 6.03 Å². The second-order valence-electron chi connectivity index (χ2n) is 9.67. The number of rotatable bonds is 5. The van der Waals surface area contributed by atoms with Crippen LogP contribution in [-0.2, 0) is 11.3 Å². The second-order valence-corrected chi connectivity index (χ2v) is 10.1. The van der Waals surface area contributed by atoms with Crippen LogP contribution in [0.5, 0.6) is 0 Å². The number of aromatic amines is 1. The quantitative estimate of drug-likeness (QED) is 0.761. The maximum absolute atomic E-state index is 13.1. The van der Waals surface area contributed by atoms with E-state index in [-0.39, 0.29) is 23.4 Å². The van der Waals surface area contributed by atoms with Crippen molar-refractivity contribution in [2.75, 3.05) is 26.2 Å². The van der Waals surface area contributed by atoms with E-state index in [9.17, 15) is 9.18 Å². The highest BCUT2D eigenvalue weighted by molar-refractivity contribution is 6.31. The zero-order chi connectivity index (χ0) is 21.2. The smallest absolute Gasteiger partial charge is 0.320 e. The Morgan fingerprint density at radius 3 is 2.71 bits per heavy atom. The minimum absolute atomic E-state index is 0.000192. The first kappa shape index (κ1) is 19.5. The van der Waals surface area contributed by atoms with Crippen LogP contribution in [0, 0.1) is 11.2 Å². The number of urea groups is 1. The van der Waals surface area contributed by atoms with E-state index in [4.69, 9.17) is 16.3 Å². The number of benzene rings is 1. The van der Waals surface area contributed by atoms with Crippen LogP contribution < -0.4 is 0 Å². The molecule has 4 aliphatic rings. The average molecular weight is 446 g/mol. The van der Waals surface area contributed by atoms with Crippen LogP contribution in [0.15, 0.2) is 18.2 Å². The monoisotopic (exact) mass is 445 g/mol. The summed E-state index contributed by atoms with van der Waals surface area (Å²) in [7, 11) is 0. The van der Waals surface area contributed by atoms with Crippen LogP contribution in [0.3, 0.4) is 0 Å². The van der Waals surface area contributed by atoms with Gasteiger partial charge in [0.05, 0.1) is 25.8 Å². The number of halogens is 2.